The SMILES string of the molecule is CC(C)=C(C(C)C)C(C(=O)C(C)C)C(C)C. The number of hydrogen-bond donors (Lipinski definition) is 0. The third-order valence-electron chi connectivity index (χ3n) is 3.08. The average Bonchev–Trinajstić information content (AvgIpc) is 2.10. The van der Waals surface area contributed by atoms with Gasteiger partial charge in [0, 0.05) is 11.8 Å². The standard InChI is InChI=1S/C15H28O/c1-9(2)13(10(3)4)14(11(5)6)15(16)12(7)8/h9,11-12,14H,1-8H3. The summed E-state index contributed by atoms with van der Waals surface area (Å²) in [6, 6.07) is 0. The highest BCUT2D eigenvalue weighted by atomic mass is 16.1. The number of allylic oxidation sites excluding steroid dienone is 2. The molecule has 94 valence electrons. The molecule has 0 heterocycles. The molecule has 0 spiro atoms. The van der Waals surface area contributed by atoms with E-state index in [9.17, 15) is 4.79 Å². The molecule has 1 atom stereocenters. The van der Waals surface area contributed by atoms with Gasteiger partial charge < -0.3 is 0 Å². The highest BCUT2D eigenvalue weighted by Gasteiger charge is 2.29. The Labute approximate surface area is 101 Å². The van der Waals surface area contributed by atoms with Gasteiger partial charge in [0.05, 0.1) is 0 Å². The smallest absolute Gasteiger partial charge is 0.142 e. The van der Waals surface area contributed by atoms with Crippen LogP contribution in [0.25, 0.3) is 0 Å². The molecule has 1 nitrogen and oxygen atoms in total. The van der Waals surface area contributed by atoms with E-state index < -0.39 is 0 Å². The van der Waals surface area contributed by atoms with Crippen LogP contribution in [0.3, 0.4) is 0 Å². The van der Waals surface area contributed by atoms with Crippen LogP contribution < -0.4 is 0 Å². The molecule has 0 bridgehead atoms. The van der Waals surface area contributed by atoms with Gasteiger partial charge in [-0.3, -0.25) is 4.79 Å². The lowest BCUT2D eigenvalue weighted by Gasteiger charge is -2.28. The van der Waals surface area contributed by atoms with Crippen molar-refractivity contribution in [2.45, 2.75) is 55.4 Å². The minimum absolute atomic E-state index is 0.102. The molecule has 0 radical (unpaired) electrons. The van der Waals surface area contributed by atoms with E-state index in [1.807, 2.05) is 13.8 Å². The molecule has 0 rings (SSSR count). The van der Waals surface area contributed by atoms with Gasteiger partial charge in [-0.05, 0) is 25.7 Å². The van der Waals surface area contributed by atoms with Crippen molar-refractivity contribution in [1.82, 2.24) is 0 Å². The van der Waals surface area contributed by atoms with Crippen LogP contribution in [0.1, 0.15) is 55.4 Å². The van der Waals surface area contributed by atoms with E-state index in [0.29, 0.717) is 17.6 Å². The molecule has 0 fully saturated rings. The van der Waals surface area contributed by atoms with E-state index in [-0.39, 0.29) is 11.8 Å². The Balaban J connectivity index is 5.36. The summed E-state index contributed by atoms with van der Waals surface area (Å²) < 4.78 is 0. The van der Waals surface area contributed by atoms with E-state index in [0.717, 1.165) is 0 Å². The number of hydrogen-bond acceptors (Lipinski definition) is 1. The topological polar surface area (TPSA) is 17.1 Å². The second kappa shape index (κ2) is 6.22. The van der Waals surface area contributed by atoms with Crippen LogP contribution in [0.15, 0.2) is 11.1 Å². The Morgan fingerprint density at radius 3 is 1.44 bits per heavy atom. The minimum atomic E-state index is 0.102. The number of rotatable bonds is 5. The molecule has 0 aliphatic carbocycles. The summed E-state index contributed by atoms with van der Waals surface area (Å²) in [5.74, 6) is 1.47. The minimum Gasteiger partial charge on any atom is -0.299 e. The van der Waals surface area contributed by atoms with Gasteiger partial charge in [0.25, 0.3) is 0 Å². The van der Waals surface area contributed by atoms with E-state index in [1.165, 1.54) is 11.1 Å². The molecular formula is C15H28O. The first kappa shape index (κ1) is 15.4. The first-order chi connectivity index (χ1) is 7.20. The zero-order valence-corrected chi connectivity index (χ0v) is 12.2. The Kier molecular flexibility index (Phi) is 5.99. The summed E-state index contributed by atoms with van der Waals surface area (Å²) in [5.41, 5.74) is 2.65. The average molecular weight is 224 g/mol. The lowest BCUT2D eigenvalue weighted by atomic mass is 9.75. The number of ketones is 1. The van der Waals surface area contributed by atoms with Gasteiger partial charge in [-0.1, -0.05) is 52.7 Å². The highest BCUT2D eigenvalue weighted by molar-refractivity contribution is 5.85. The first-order valence-corrected chi connectivity index (χ1v) is 6.41. The Bertz CT molecular complexity index is 265. The third-order valence-corrected chi connectivity index (χ3v) is 3.08. The monoisotopic (exact) mass is 224 g/mol. The predicted octanol–water partition coefficient (Wildman–Crippen LogP) is 4.48. The van der Waals surface area contributed by atoms with Crippen LogP contribution in [-0.4, -0.2) is 5.78 Å². The number of Topliss-reactive ketones (excluding diaryl/α,β-unsaturated/α-hetero) is 1. The van der Waals surface area contributed by atoms with E-state index in [1.54, 1.807) is 0 Å². The van der Waals surface area contributed by atoms with Crippen molar-refractivity contribution in [3.05, 3.63) is 11.1 Å². The zero-order chi connectivity index (χ0) is 13.0. The Morgan fingerprint density at radius 2 is 1.25 bits per heavy atom. The van der Waals surface area contributed by atoms with Gasteiger partial charge in [-0.15, -0.1) is 0 Å². The second-order valence-electron chi connectivity index (χ2n) is 5.89. The van der Waals surface area contributed by atoms with E-state index >= 15 is 0 Å². The highest BCUT2D eigenvalue weighted by Crippen LogP contribution is 2.32. The van der Waals surface area contributed by atoms with Crippen molar-refractivity contribution >= 4 is 5.78 Å². The molecule has 1 heteroatoms. The van der Waals surface area contributed by atoms with Crippen LogP contribution >= 0.6 is 0 Å². The van der Waals surface area contributed by atoms with Crippen molar-refractivity contribution in [2.75, 3.05) is 0 Å². The summed E-state index contributed by atoms with van der Waals surface area (Å²) in [5, 5.41) is 0. The van der Waals surface area contributed by atoms with Crippen molar-refractivity contribution < 1.29 is 4.79 Å². The van der Waals surface area contributed by atoms with E-state index in [4.69, 9.17) is 0 Å². The van der Waals surface area contributed by atoms with Crippen LogP contribution in [-0.2, 0) is 4.79 Å². The second-order valence-corrected chi connectivity index (χ2v) is 5.89. The predicted molar refractivity (Wildman–Crippen MR) is 71.4 cm³/mol. The molecule has 0 N–H and O–H groups in total. The number of carbonyl (C=O) groups is 1. The zero-order valence-electron chi connectivity index (χ0n) is 12.2. The maximum Gasteiger partial charge on any atom is 0.142 e. The molecule has 0 aromatic heterocycles. The molecule has 1 unspecified atom stereocenters. The third kappa shape index (κ3) is 3.77. The fourth-order valence-electron chi connectivity index (χ4n) is 2.45. The van der Waals surface area contributed by atoms with E-state index in [2.05, 4.69) is 41.5 Å². The van der Waals surface area contributed by atoms with Crippen LogP contribution in [0, 0.1) is 23.7 Å². The van der Waals surface area contributed by atoms with Gasteiger partial charge in [0.2, 0.25) is 0 Å². The molecule has 0 saturated heterocycles. The Hall–Kier alpha value is -0.590. The maximum atomic E-state index is 12.3. The van der Waals surface area contributed by atoms with Crippen molar-refractivity contribution in [3.63, 3.8) is 0 Å². The molecule has 16 heavy (non-hydrogen) atoms. The largest absolute Gasteiger partial charge is 0.299 e. The molecule has 0 aliphatic heterocycles. The molecule has 0 amide bonds. The number of carbonyl (C=O) groups excluding carboxylic acids is 1. The summed E-state index contributed by atoms with van der Waals surface area (Å²) in [7, 11) is 0. The van der Waals surface area contributed by atoms with Crippen molar-refractivity contribution in [1.29, 1.82) is 0 Å². The summed E-state index contributed by atoms with van der Waals surface area (Å²) in [4.78, 5) is 12.3. The molecule has 0 aromatic carbocycles. The lowest BCUT2D eigenvalue weighted by molar-refractivity contribution is -0.126. The Morgan fingerprint density at radius 1 is 0.812 bits per heavy atom. The molecule has 0 aliphatic rings. The summed E-state index contributed by atoms with van der Waals surface area (Å²) in [6.07, 6.45) is 0. The van der Waals surface area contributed by atoms with Gasteiger partial charge in [0.15, 0.2) is 0 Å². The molecular weight excluding hydrogens is 196 g/mol. The van der Waals surface area contributed by atoms with Crippen LogP contribution in [0.5, 0.6) is 0 Å². The van der Waals surface area contributed by atoms with Gasteiger partial charge in [-0.25, -0.2) is 0 Å². The normalized spacial score (nSPS) is 13.4. The maximum absolute atomic E-state index is 12.3. The molecule has 0 aromatic rings. The molecule has 0 saturated carbocycles. The van der Waals surface area contributed by atoms with Gasteiger partial charge >= 0.3 is 0 Å². The quantitative estimate of drug-likeness (QED) is 0.629. The van der Waals surface area contributed by atoms with Gasteiger partial charge in [-0.2, -0.15) is 0 Å². The van der Waals surface area contributed by atoms with Crippen LogP contribution in [0.2, 0.25) is 0 Å². The van der Waals surface area contributed by atoms with Crippen molar-refractivity contribution in [3.8, 4) is 0 Å². The lowest BCUT2D eigenvalue weighted by Crippen LogP contribution is -2.29. The summed E-state index contributed by atoms with van der Waals surface area (Å²) >= 11 is 0. The fourth-order valence-corrected chi connectivity index (χ4v) is 2.45. The van der Waals surface area contributed by atoms with Gasteiger partial charge in [0.1, 0.15) is 5.78 Å². The summed E-state index contributed by atoms with van der Waals surface area (Å²) in [6.45, 7) is 16.9. The fraction of sp³-hybridized carbons (Fsp3) is 0.800. The van der Waals surface area contributed by atoms with Crippen molar-refractivity contribution in [2.24, 2.45) is 23.7 Å². The first-order valence-electron chi connectivity index (χ1n) is 6.41. The van der Waals surface area contributed by atoms with Crippen LogP contribution in [0.4, 0.5) is 0 Å².